The molecule has 0 radical (unpaired) electrons. The Hall–Kier alpha value is 1.07. The average Bonchev–Trinajstić information content (AvgIpc) is 3.11. The molecule has 0 atom stereocenters. The largest absolute Gasteiger partial charge is 0.147 e. The van der Waals surface area contributed by atoms with Crippen LogP contribution in [-0.2, 0) is 17.4 Å². The molecule has 0 aliphatic heterocycles. The predicted molar refractivity (Wildman–Crippen MR) is 141 cm³/mol. The fourth-order valence-corrected chi connectivity index (χ4v) is 33.5. The molecule has 0 N–H and O–H groups in total. The van der Waals surface area contributed by atoms with Crippen molar-refractivity contribution in [3.05, 3.63) is 40.3 Å². The van der Waals surface area contributed by atoms with Crippen LogP contribution >= 0.6 is 24.8 Å². The molecule has 2 rings (SSSR count). The molecule has 2 aliphatic carbocycles. The van der Waals surface area contributed by atoms with Crippen molar-refractivity contribution in [2.45, 2.75) is 88.1 Å². The quantitative estimate of drug-likeness (QED) is 0.293. The van der Waals surface area contributed by atoms with E-state index < -0.39 is 33.5 Å². The Morgan fingerprint density at radius 3 is 1.25 bits per heavy atom. The molecule has 28 heavy (non-hydrogen) atoms. The summed E-state index contributed by atoms with van der Waals surface area (Å²) >= 11 is -3.14. The summed E-state index contributed by atoms with van der Waals surface area (Å²) in [6.45, 7) is 22.5. The number of halogens is 2. The van der Waals surface area contributed by atoms with Crippen LogP contribution in [0.2, 0.25) is 48.5 Å². The molecule has 0 aromatic heterocycles. The van der Waals surface area contributed by atoms with Crippen molar-refractivity contribution in [1.29, 1.82) is 0 Å². The fraction of sp³-hybridized carbons (Fsp3) is 0.636. The summed E-state index contributed by atoms with van der Waals surface area (Å²) in [6, 6.07) is 0. The van der Waals surface area contributed by atoms with E-state index in [2.05, 4.69) is 81.4 Å². The van der Waals surface area contributed by atoms with Gasteiger partial charge in [-0.05, 0) is 0 Å². The van der Waals surface area contributed by atoms with Gasteiger partial charge in [0.25, 0.3) is 0 Å². The summed E-state index contributed by atoms with van der Waals surface area (Å²) < 4.78 is 9.45. The van der Waals surface area contributed by atoms with Crippen molar-refractivity contribution in [2.75, 3.05) is 0 Å². The first-order chi connectivity index (χ1) is 11.6. The SMILES string of the molecule is CCC1=CC([Si](C)(C)C)=[C]([Zr]([CH3])([CH3])(=[SiH2])[C]2=C([Si](C)(C)C)C=C(CC)C2)C1.Cl.Cl. The van der Waals surface area contributed by atoms with E-state index in [-0.39, 0.29) is 24.8 Å². The molecule has 0 fully saturated rings. The van der Waals surface area contributed by atoms with Crippen molar-refractivity contribution in [3.63, 3.8) is 0 Å². The maximum absolute atomic E-state index is 3.14. The van der Waals surface area contributed by atoms with E-state index in [9.17, 15) is 0 Å². The maximum Gasteiger partial charge on any atom is -0.147 e. The average molecular weight is 555 g/mol. The molecule has 6 heteroatoms. The summed E-state index contributed by atoms with van der Waals surface area (Å²) in [5.74, 6) is 0. The Morgan fingerprint density at radius 2 is 1.04 bits per heavy atom. The van der Waals surface area contributed by atoms with E-state index in [0.29, 0.717) is 0 Å². The first-order valence-electron chi connectivity index (χ1n) is 10.5. The summed E-state index contributed by atoms with van der Waals surface area (Å²) in [6.07, 6.45) is 10.3. The Bertz CT molecular complexity index is 748. The second-order valence-corrected chi connectivity index (χ2v) is 50.4. The molecular weight excluding hydrogens is 511 g/mol. The third-order valence-electron chi connectivity index (χ3n) is 6.61. The zero-order chi connectivity index (χ0) is 20.2. The minimum atomic E-state index is -3.14. The van der Waals surface area contributed by atoms with Crippen LogP contribution in [0, 0.1) is 0 Å². The third-order valence-corrected chi connectivity index (χ3v) is 28.7. The fourth-order valence-electron chi connectivity index (χ4n) is 4.73. The molecule has 0 aromatic rings. The Kier molecular flexibility index (Phi) is 9.64. The summed E-state index contributed by atoms with van der Waals surface area (Å²) in [5, 5.41) is 3.65. The van der Waals surface area contributed by atoms with Crippen LogP contribution in [0.3, 0.4) is 0 Å². The third kappa shape index (κ3) is 5.65. The van der Waals surface area contributed by atoms with Gasteiger partial charge in [-0.25, -0.2) is 0 Å². The summed E-state index contributed by atoms with van der Waals surface area (Å²) in [7, 11) is -2.63. The van der Waals surface area contributed by atoms with Crippen molar-refractivity contribution in [2.24, 2.45) is 0 Å². The zero-order valence-electron chi connectivity index (χ0n) is 20.0. The van der Waals surface area contributed by atoms with E-state index >= 15 is 0 Å². The van der Waals surface area contributed by atoms with Gasteiger partial charge in [0.15, 0.2) is 0 Å². The molecule has 2 aliphatic rings. The number of rotatable bonds is 6. The topological polar surface area (TPSA) is 0 Å². The van der Waals surface area contributed by atoms with Gasteiger partial charge in [-0.3, -0.25) is 0 Å². The Labute approximate surface area is 192 Å². The normalized spacial score (nSPS) is 18.7. The van der Waals surface area contributed by atoms with E-state index in [1.54, 1.807) is 11.1 Å². The first-order valence-corrected chi connectivity index (χ1v) is 30.8. The standard InChI is InChI=1S/2C10H17Si.2CH3.2ClH.H2Si.Zr/c2*1-5-9-6-7-10(8-9)11(2,3)4;;;;;;/h2*8H,5-6H2,1-4H3;2*1H3;2*1H;1H2;. The molecule has 0 spiro atoms. The van der Waals surface area contributed by atoms with Crippen LogP contribution in [0.5, 0.6) is 0 Å². The van der Waals surface area contributed by atoms with Crippen LogP contribution in [0.1, 0.15) is 39.5 Å². The molecule has 0 saturated carbocycles. The van der Waals surface area contributed by atoms with E-state index in [0.717, 1.165) is 0 Å². The molecule has 0 saturated heterocycles. The minimum absolute atomic E-state index is 0. The second-order valence-electron chi connectivity index (χ2n) is 11.6. The predicted octanol–water partition coefficient (Wildman–Crippen LogP) is 7.91. The smallest absolute Gasteiger partial charge is 0.147 e. The van der Waals surface area contributed by atoms with Gasteiger partial charge >= 0.3 is 169 Å². The van der Waals surface area contributed by atoms with Crippen molar-refractivity contribution < 1.29 is 17.4 Å². The van der Waals surface area contributed by atoms with Gasteiger partial charge in [-0.1, -0.05) is 0 Å². The van der Waals surface area contributed by atoms with Crippen molar-refractivity contribution >= 4 is 47.8 Å². The molecule has 0 nitrogen and oxygen atoms in total. The van der Waals surface area contributed by atoms with Crippen LogP contribution in [0.4, 0.5) is 0 Å². The Balaban J connectivity index is 0.00000364. The molecule has 0 heterocycles. The van der Waals surface area contributed by atoms with Gasteiger partial charge in [0, 0.05) is 0 Å². The number of allylic oxidation sites excluding steroid dienone is 8. The Morgan fingerprint density at radius 1 is 0.750 bits per heavy atom. The summed E-state index contributed by atoms with van der Waals surface area (Å²) in [5.41, 5.74) is 3.40. The van der Waals surface area contributed by atoms with Crippen LogP contribution in [0.15, 0.2) is 40.3 Å². The molecular formula is C22H44Cl2Si3Zr. The van der Waals surface area contributed by atoms with Gasteiger partial charge in [-0.2, -0.15) is 0 Å². The maximum atomic E-state index is 2.77. The van der Waals surface area contributed by atoms with Crippen molar-refractivity contribution in [3.8, 4) is 0 Å². The van der Waals surface area contributed by atoms with Crippen LogP contribution < -0.4 is 0 Å². The van der Waals surface area contributed by atoms with Gasteiger partial charge in [0.2, 0.25) is 0 Å². The molecule has 0 amide bonds. The number of hydrogen-bond acceptors (Lipinski definition) is 0. The number of hydrogen-bond donors (Lipinski definition) is 0. The van der Waals surface area contributed by atoms with Gasteiger partial charge < -0.3 is 0 Å². The van der Waals surface area contributed by atoms with Gasteiger partial charge in [-0.15, -0.1) is 24.8 Å². The molecule has 0 unspecified atom stereocenters. The zero-order valence-corrected chi connectivity index (χ0v) is 27.5. The first kappa shape index (κ1) is 29.1. The van der Waals surface area contributed by atoms with E-state index in [1.165, 1.54) is 25.7 Å². The molecule has 0 bridgehead atoms. The molecule has 162 valence electrons. The van der Waals surface area contributed by atoms with Gasteiger partial charge in [0.05, 0.1) is 0 Å². The van der Waals surface area contributed by atoms with Crippen LogP contribution in [-0.4, -0.2) is 23.0 Å². The minimum Gasteiger partial charge on any atom is -0.147 e. The molecule has 0 aromatic carbocycles. The second kappa shape index (κ2) is 9.29. The van der Waals surface area contributed by atoms with Gasteiger partial charge in [0.1, 0.15) is 0 Å². The van der Waals surface area contributed by atoms with E-state index in [4.69, 9.17) is 0 Å². The van der Waals surface area contributed by atoms with E-state index in [1.807, 2.05) is 17.0 Å². The van der Waals surface area contributed by atoms with Crippen LogP contribution in [0.25, 0.3) is 0 Å². The van der Waals surface area contributed by atoms with Crippen molar-refractivity contribution in [1.82, 2.24) is 0 Å². The monoisotopic (exact) mass is 552 g/mol. The summed E-state index contributed by atoms with van der Waals surface area (Å²) in [4.78, 5) is 0.